The summed E-state index contributed by atoms with van der Waals surface area (Å²) in [5.74, 6) is 0.131. The van der Waals surface area contributed by atoms with Crippen LogP contribution in [0, 0.1) is 0 Å². The third kappa shape index (κ3) is 2.79. The number of methoxy groups -OCH3 is 1. The topological polar surface area (TPSA) is 84.6 Å². The Kier molecular flexibility index (Phi) is 3.47. The van der Waals surface area contributed by atoms with Gasteiger partial charge in [-0.15, -0.1) is 0 Å². The maximum atomic E-state index is 10.6. The Bertz CT molecular complexity index is 533. The minimum absolute atomic E-state index is 0.0958. The number of aromatic nitrogens is 1. The van der Waals surface area contributed by atoms with Crippen LogP contribution >= 0.6 is 0 Å². The van der Waals surface area contributed by atoms with Gasteiger partial charge in [-0.25, -0.2) is 4.79 Å². The molecule has 0 saturated heterocycles. The van der Waals surface area contributed by atoms with Gasteiger partial charge in [-0.05, 0) is 24.3 Å². The van der Waals surface area contributed by atoms with E-state index in [1.807, 2.05) is 24.3 Å². The average Bonchev–Trinajstić information content (AvgIpc) is 2.86. The Morgan fingerprint density at radius 1 is 1.44 bits per heavy atom. The first kappa shape index (κ1) is 12.0. The molecular formula is C12H12N2O4. The van der Waals surface area contributed by atoms with Crippen molar-refractivity contribution >= 4 is 11.7 Å². The van der Waals surface area contributed by atoms with Gasteiger partial charge in [0.2, 0.25) is 0 Å². The number of nitrogens with one attached hydrogen (secondary N) is 1. The fourth-order valence-corrected chi connectivity index (χ4v) is 1.40. The molecule has 18 heavy (non-hydrogen) atoms. The third-order valence-corrected chi connectivity index (χ3v) is 2.33. The number of nitrogens with zero attached hydrogens (tertiary/aromatic N) is 1. The van der Waals surface area contributed by atoms with E-state index in [2.05, 4.69) is 10.5 Å². The first-order valence-corrected chi connectivity index (χ1v) is 5.26. The normalized spacial score (nSPS) is 10.1. The van der Waals surface area contributed by atoms with Crippen LogP contribution in [0.1, 0.15) is 16.2 Å². The van der Waals surface area contributed by atoms with Gasteiger partial charge in [-0.1, -0.05) is 5.16 Å². The minimum atomic E-state index is -1.10. The van der Waals surface area contributed by atoms with Crippen LogP contribution < -0.4 is 10.1 Å². The molecule has 94 valence electrons. The molecule has 0 spiro atoms. The molecular weight excluding hydrogens is 236 g/mol. The number of hydrogen-bond donors (Lipinski definition) is 2. The zero-order chi connectivity index (χ0) is 13.0. The van der Waals surface area contributed by atoms with Gasteiger partial charge in [0.15, 0.2) is 11.5 Å². The molecule has 1 heterocycles. The summed E-state index contributed by atoms with van der Waals surface area (Å²) in [6.07, 6.45) is 0. The molecule has 1 aromatic heterocycles. The molecule has 6 nitrogen and oxygen atoms in total. The van der Waals surface area contributed by atoms with Gasteiger partial charge < -0.3 is 19.7 Å². The first-order valence-electron chi connectivity index (χ1n) is 5.26. The van der Waals surface area contributed by atoms with E-state index in [9.17, 15) is 4.79 Å². The molecule has 6 heteroatoms. The fraction of sp³-hybridized carbons (Fsp3) is 0.167. The van der Waals surface area contributed by atoms with Crippen LogP contribution in [-0.2, 0) is 6.54 Å². The van der Waals surface area contributed by atoms with Crippen molar-refractivity contribution in [1.82, 2.24) is 5.16 Å². The van der Waals surface area contributed by atoms with Crippen LogP contribution in [0.2, 0.25) is 0 Å². The van der Waals surface area contributed by atoms with Crippen molar-refractivity contribution in [2.75, 3.05) is 12.4 Å². The van der Waals surface area contributed by atoms with Crippen LogP contribution in [0.25, 0.3) is 0 Å². The summed E-state index contributed by atoms with van der Waals surface area (Å²) >= 11 is 0. The van der Waals surface area contributed by atoms with Gasteiger partial charge in [0.1, 0.15) is 5.75 Å². The van der Waals surface area contributed by atoms with E-state index in [4.69, 9.17) is 14.4 Å². The van der Waals surface area contributed by atoms with Crippen LogP contribution in [0.5, 0.6) is 5.75 Å². The smallest absolute Gasteiger partial charge is 0.358 e. The zero-order valence-corrected chi connectivity index (χ0v) is 9.71. The second-order valence-electron chi connectivity index (χ2n) is 3.57. The molecule has 0 saturated carbocycles. The third-order valence-electron chi connectivity index (χ3n) is 2.33. The zero-order valence-electron chi connectivity index (χ0n) is 9.71. The second kappa shape index (κ2) is 5.22. The Morgan fingerprint density at radius 2 is 2.17 bits per heavy atom. The molecule has 0 atom stereocenters. The molecule has 0 amide bonds. The summed E-state index contributed by atoms with van der Waals surface area (Å²) < 4.78 is 9.91. The van der Waals surface area contributed by atoms with Crippen LogP contribution in [-0.4, -0.2) is 23.3 Å². The van der Waals surface area contributed by atoms with E-state index in [1.165, 1.54) is 6.07 Å². The molecule has 1 aromatic carbocycles. The first-order chi connectivity index (χ1) is 8.69. The largest absolute Gasteiger partial charge is 0.497 e. The number of ether oxygens (including phenoxy) is 1. The van der Waals surface area contributed by atoms with Gasteiger partial charge >= 0.3 is 5.97 Å². The molecule has 0 aliphatic heterocycles. The Labute approximate surface area is 103 Å². The maximum Gasteiger partial charge on any atom is 0.358 e. The van der Waals surface area contributed by atoms with E-state index in [0.29, 0.717) is 12.3 Å². The Balaban J connectivity index is 1.95. The van der Waals surface area contributed by atoms with Gasteiger partial charge in [0, 0.05) is 11.8 Å². The predicted molar refractivity (Wildman–Crippen MR) is 63.8 cm³/mol. The van der Waals surface area contributed by atoms with Gasteiger partial charge in [0.05, 0.1) is 13.7 Å². The van der Waals surface area contributed by atoms with E-state index in [0.717, 1.165) is 11.4 Å². The van der Waals surface area contributed by atoms with Crippen molar-refractivity contribution in [3.63, 3.8) is 0 Å². The van der Waals surface area contributed by atoms with Crippen molar-refractivity contribution in [3.8, 4) is 5.75 Å². The average molecular weight is 248 g/mol. The molecule has 0 aliphatic rings. The van der Waals surface area contributed by atoms with E-state index < -0.39 is 5.97 Å². The van der Waals surface area contributed by atoms with Crippen LogP contribution in [0.15, 0.2) is 34.9 Å². The van der Waals surface area contributed by atoms with Gasteiger partial charge in [0.25, 0.3) is 0 Å². The highest BCUT2D eigenvalue weighted by Gasteiger charge is 2.10. The highest BCUT2D eigenvalue weighted by molar-refractivity contribution is 5.85. The molecule has 2 rings (SSSR count). The molecule has 0 radical (unpaired) electrons. The quantitative estimate of drug-likeness (QED) is 0.841. The minimum Gasteiger partial charge on any atom is -0.497 e. The lowest BCUT2D eigenvalue weighted by Crippen LogP contribution is -1.98. The second-order valence-corrected chi connectivity index (χ2v) is 3.57. The van der Waals surface area contributed by atoms with Crippen molar-refractivity contribution in [3.05, 3.63) is 41.8 Å². The standard InChI is InChI=1S/C12H12N2O4/c1-17-9-4-2-8(3-5-9)13-7-10-6-11(12(15)16)14-18-10/h2-6,13H,7H2,1H3,(H,15,16). The molecule has 2 aromatic rings. The van der Waals surface area contributed by atoms with Crippen molar-refractivity contribution in [2.45, 2.75) is 6.54 Å². The highest BCUT2D eigenvalue weighted by Crippen LogP contribution is 2.16. The molecule has 0 aliphatic carbocycles. The Hall–Kier alpha value is -2.50. The maximum absolute atomic E-state index is 10.6. The number of carbonyl (C=O) groups is 1. The van der Waals surface area contributed by atoms with Crippen molar-refractivity contribution in [1.29, 1.82) is 0 Å². The fourth-order valence-electron chi connectivity index (χ4n) is 1.40. The van der Waals surface area contributed by atoms with Crippen molar-refractivity contribution < 1.29 is 19.2 Å². The summed E-state index contributed by atoms with van der Waals surface area (Å²) in [6, 6.07) is 8.75. The molecule has 0 fully saturated rings. The molecule has 2 N–H and O–H groups in total. The van der Waals surface area contributed by atoms with Crippen molar-refractivity contribution in [2.24, 2.45) is 0 Å². The van der Waals surface area contributed by atoms with Gasteiger partial charge in [-0.3, -0.25) is 0 Å². The Morgan fingerprint density at radius 3 is 2.72 bits per heavy atom. The summed E-state index contributed by atoms with van der Waals surface area (Å²) in [5.41, 5.74) is 0.783. The van der Waals surface area contributed by atoms with Crippen LogP contribution in [0.4, 0.5) is 5.69 Å². The SMILES string of the molecule is COc1ccc(NCc2cc(C(=O)O)no2)cc1. The summed E-state index contributed by atoms with van der Waals surface area (Å²) in [6.45, 7) is 0.368. The lowest BCUT2D eigenvalue weighted by atomic mass is 10.3. The van der Waals surface area contributed by atoms with E-state index in [-0.39, 0.29) is 5.69 Å². The number of carboxylic acids is 1. The van der Waals surface area contributed by atoms with E-state index >= 15 is 0 Å². The number of benzene rings is 1. The number of hydrogen-bond acceptors (Lipinski definition) is 5. The molecule has 0 unspecified atom stereocenters. The highest BCUT2D eigenvalue weighted by atomic mass is 16.5. The lowest BCUT2D eigenvalue weighted by molar-refractivity contribution is 0.0685. The number of aromatic carboxylic acids is 1. The summed E-state index contributed by atoms with van der Waals surface area (Å²) in [5, 5.41) is 15.2. The van der Waals surface area contributed by atoms with E-state index in [1.54, 1.807) is 7.11 Å². The molecule has 0 bridgehead atoms. The number of anilines is 1. The summed E-state index contributed by atoms with van der Waals surface area (Å²) in [7, 11) is 1.60. The predicted octanol–water partition coefficient (Wildman–Crippen LogP) is 1.99. The van der Waals surface area contributed by atoms with Crippen LogP contribution in [0.3, 0.4) is 0 Å². The van der Waals surface area contributed by atoms with Gasteiger partial charge in [-0.2, -0.15) is 0 Å². The monoisotopic (exact) mass is 248 g/mol. The summed E-state index contributed by atoms with van der Waals surface area (Å²) in [4.78, 5) is 10.6. The number of carboxylic acid groups (broad SMARTS) is 1. The lowest BCUT2D eigenvalue weighted by Gasteiger charge is -2.04. The number of rotatable bonds is 5.